The van der Waals surface area contributed by atoms with Crippen LogP contribution in [0.2, 0.25) is 5.02 Å². The maximum Gasteiger partial charge on any atom is 0.179 e. The Bertz CT molecular complexity index is 619. The molecule has 5 heteroatoms. The number of ether oxygens (including phenoxy) is 2. The molecule has 2 N–H and O–H groups in total. The Hall–Kier alpha value is -1.75. The second-order valence-corrected chi connectivity index (χ2v) is 5.51. The Balaban J connectivity index is 1.98. The van der Waals surface area contributed by atoms with Crippen LogP contribution in [0.5, 0.6) is 11.5 Å². The smallest absolute Gasteiger partial charge is 0.179 e. The van der Waals surface area contributed by atoms with E-state index in [0.29, 0.717) is 36.2 Å². The highest BCUT2D eigenvalue weighted by molar-refractivity contribution is 6.32. The summed E-state index contributed by atoms with van der Waals surface area (Å²) in [5.74, 6) is 1.17. The van der Waals surface area contributed by atoms with Gasteiger partial charge < -0.3 is 19.9 Å². The molecule has 124 valence electrons. The van der Waals surface area contributed by atoms with Crippen LogP contribution in [0, 0.1) is 0 Å². The van der Waals surface area contributed by atoms with Gasteiger partial charge in [-0.1, -0.05) is 41.9 Å². The third-order valence-electron chi connectivity index (χ3n) is 3.42. The molecule has 0 spiro atoms. The first kappa shape index (κ1) is 17.6. The SMILES string of the molecule is CCOc1cc(CNC[C@H](O)c2ccccc2)cc(Cl)c1OC. The predicted molar refractivity (Wildman–Crippen MR) is 92.3 cm³/mol. The lowest BCUT2D eigenvalue weighted by Gasteiger charge is -2.15. The van der Waals surface area contributed by atoms with Crippen LogP contribution < -0.4 is 14.8 Å². The molecule has 0 aliphatic carbocycles. The molecular weight excluding hydrogens is 314 g/mol. The van der Waals surface area contributed by atoms with Crippen LogP contribution in [0.25, 0.3) is 0 Å². The van der Waals surface area contributed by atoms with Crippen LogP contribution >= 0.6 is 11.6 Å². The molecule has 0 fully saturated rings. The number of hydrogen-bond acceptors (Lipinski definition) is 4. The first-order valence-corrected chi connectivity index (χ1v) is 7.96. The highest BCUT2D eigenvalue weighted by atomic mass is 35.5. The monoisotopic (exact) mass is 335 g/mol. The normalized spacial score (nSPS) is 12.0. The first-order chi connectivity index (χ1) is 11.2. The highest BCUT2D eigenvalue weighted by Crippen LogP contribution is 2.36. The summed E-state index contributed by atoms with van der Waals surface area (Å²) < 4.78 is 10.8. The van der Waals surface area contributed by atoms with Crippen molar-refractivity contribution in [1.82, 2.24) is 5.32 Å². The lowest BCUT2D eigenvalue weighted by molar-refractivity contribution is 0.174. The summed E-state index contributed by atoms with van der Waals surface area (Å²) >= 11 is 6.23. The Morgan fingerprint density at radius 1 is 1.22 bits per heavy atom. The molecule has 2 rings (SSSR count). The summed E-state index contributed by atoms with van der Waals surface area (Å²) in [5, 5.41) is 13.9. The molecule has 0 unspecified atom stereocenters. The van der Waals surface area contributed by atoms with Gasteiger partial charge in [0.15, 0.2) is 11.5 Å². The fraction of sp³-hybridized carbons (Fsp3) is 0.333. The zero-order valence-corrected chi connectivity index (χ0v) is 14.1. The molecule has 1 atom stereocenters. The summed E-state index contributed by atoms with van der Waals surface area (Å²) in [4.78, 5) is 0. The van der Waals surface area contributed by atoms with E-state index in [0.717, 1.165) is 11.1 Å². The number of aliphatic hydroxyl groups excluding tert-OH is 1. The highest BCUT2D eigenvalue weighted by Gasteiger charge is 2.12. The van der Waals surface area contributed by atoms with Crippen LogP contribution in [0.4, 0.5) is 0 Å². The molecular formula is C18H22ClNO3. The molecule has 0 amide bonds. The van der Waals surface area contributed by atoms with Crippen molar-refractivity contribution in [2.45, 2.75) is 19.6 Å². The molecule has 0 saturated carbocycles. The average Bonchev–Trinajstić information content (AvgIpc) is 2.56. The summed E-state index contributed by atoms with van der Waals surface area (Å²) in [6.07, 6.45) is -0.545. The summed E-state index contributed by atoms with van der Waals surface area (Å²) in [6.45, 7) is 3.48. The van der Waals surface area contributed by atoms with E-state index in [2.05, 4.69) is 5.32 Å². The van der Waals surface area contributed by atoms with Crippen molar-refractivity contribution in [3.05, 3.63) is 58.6 Å². The minimum Gasteiger partial charge on any atom is -0.491 e. The minimum absolute atomic E-state index is 0.456. The molecule has 0 aromatic heterocycles. The summed E-state index contributed by atoms with van der Waals surface area (Å²) in [7, 11) is 1.57. The van der Waals surface area contributed by atoms with E-state index in [9.17, 15) is 5.11 Å². The van der Waals surface area contributed by atoms with Gasteiger partial charge in [0.1, 0.15) is 0 Å². The number of rotatable bonds is 8. The van der Waals surface area contributed by atoms with Crippen LogP contribution in [0.15, 0.2) is 42.5 Å². The topological polar surface area (TPSA) is 50.7 Å². The lowest BCUT2D eigenvalue weighted by Crippen LogP contribution is -2.21. The van der Waals surface area contributed by atoms with E-state index < -0.39 is 6.10 Å². The third-order valence-corrected chi connectivity index (χ3v) is 3.71. The predicted octanol–water partition coefficient (Wildman–Crippen LogP) is 3.57. The van der Waals surface area contributed by atoms with Gasteiger partial charge in [-0.25, -0.2) is 0 Å². The van der Waals surface area contributed by atoms with Crippen molar-refractivity contribution < 1.29 is 14.6 Å². The van der Waals surface area contributed by atoms with Crippen LogP contribution in [0.1, 0.15) is 24.2 Å². The molecule has 23 heavy (non-hydrogen) atoms. The van der Waals surface area contributed by atoms with Gasteiger partial charge in [-0.2, -0.15) is 0 Å². The molecule has 0 heterocycles. The van der Waals surface area contributed by atoms with E-state index in [-0.39, 0.29) is 0 Å². The number of halogens is 1. The maximum absolute atomic E-state index is 10.1. The second kappa shape index (κ2) is 8.77. The molecule has 2 aromatic carbocycles. The van der Waals surface area contributed by atoms with Gasteiger partial charge in [0.25, 0.3) is 0 Å². The average molecular weight is 336 g/mol. The molecule has 0 aliphatic heterocycles. The second-order valence-electron chi connectivity index (χ2n) is 5.10. The van der Waals surface area contributed by atoms with E-state index in [1.807, 2.05) is 49.4 Å². The van der Waals surface area contributed by atoms with Gasteiger partial charge in [0.2, 0.25) is 0 Å². The first-order valence-electron chi connectivity index (χ1n) is 7.58. The molecule has 4 nitrogen and oxygen atoms in total. The van der Waals surface area contributed by atoms with Gasteiger partial charge >= 0.3 is 0 Å². The number of methoxy groups -OCH3 is 1. The van der Waals surface area contributed by atoms with Gasteiger partial charge in [-0.05, 0) is 30.2 Å². The van der Waals surface area contributed by atoms with Gasteiger partial charge in [-0.15, -0.1) is 0 Å². The number of nitrogens with one attached hydrogen (secondary N) is 1. The largest absolute Gasteiger partial charge is 0.491 e. The van der Waals surface area contributed by atoms with Crippen molar-refractivity contribution in [2.24, 2.45) is 0 Å². The van der Waals surface area contributed by atoms with Crippen molar-refractivity contribution in [2.75, 3.05) is 20.3 Å². The van der Waals surface area contributed by atoms with Gasteiger partial charge in [-0.3, -0.25) is 0 Å². The lowest BCUT2D eigenvalue weighted by atomic mass is 10.1. The fourth-order valence-corrected chi connectivity index (χ4v) is 2.64. The maximum atomic E-state index is 10.1. The quantitative estimate of drug-likeness (QED) is 0.774. The number of benzene rings is 2. The fourth-order valence-electron chi connectivity index (χ4n) is 2.33. The van der Waals surface area contributed by atoms with Crippen LogP contribution in [-0.2, 0) is 6.54 Å². The Morgan fingerprint density at radius 2 is 1.96 bits per heavy atom. The van der Waals surface area contributed by atoms with E-state index in [4.69, 9.17) is 21.1 Å². The Kier molecular flexibility index (Phi) is 6.71. The number of hydrogen-bond donors (Lipinski definition) is 2. The third kappa shape index (κ3) is 4.86. The van der Waals surface area contributed by atoms with Crippen LogP contribution in [-0.4, -0.2) is 25.4 Å². The zero-order chi connectivity index (χ0) is 16.7. The van der Waals surface area contributed by atoms with E-state index >= 15 is 0 Å². The minimum atomic E-state index is -0.545. The van der Waals surface area contributed by atoms with E-state index in [1.165, 1.54) is 0 Å². The van der Waals surface area contributed by atoms with Crippen molar-refractivity contribution >= 4 is 11.6 Å². The Morgan fingerprint density at radius 3 is 2.61 bits per heavy atom. The number of aliphatic hydroxyl groups is 1. The molecule has 0 aliphatic rings. The Labute approximate surface area is 142 Å². The summed E-state index contributed by atoms with van der Waals surface area (Å²) in [6, 6.07) is 13.3. The molecule has 0 saturated heterocycles. The molecule has 2 aromatic rings. The van der Waals surface area contributed by atoms with E-state index in [1.54, 1.807) is 7.11 Å². The molecule has 0 bridgehead atoms. The van der Waals surface area contributed by atoms with Crippen molar-refractivity contribution in [1.29, 1.82) is 0 Å². The van der Waals surface area contributed by atoms with Gasteiger partial charge in [0.05, 0.1) is 24.8 Å². The van der Waals surface area contributed by atoms with Crippen molar-refractivity contribution in [3.8, 4) is 11.5 Å². The van der Waals surface area contributed by atoms with Crippen LogP contribution in [0.3, 0.4) is 0 Å². The zero-order valence-electron chi connectivity index (χ0n) is 13.4. The standard InChI is InChI=1S/C18H22ClNO3/c1-3-23-17-10-13(9-15(19)18(17)22-2)11-20-12-16(21)14-7-5-4-6-8-14/h4-10,16,20-21H,3,11-12H2,1-2H3/t16-/m0/s1. The molecule has 0 radical (unpaired) electrons. The summed E-state index contributed by atoms with van der Waals surface area (Å²) in [5.41, 5.74) is 1.86. The van der Waals surface area contributed by atoms with Crippen molar-refractivity contribution in [3.63, 3.8) is 0 Å². The van der Waals surface area contributed by atoms with Gasteiger partial charge in [0, 0.05) is 13.1 Å².